The highest BCUT2D eigenvalue weighted by Gasteiger charge is 2.38. The summed E-state index contributed by atoms with van der Waals surface area (Å²) in [5, 5.41) is 14.7. The Kier molecular flexibility index (Phi) is 10.3. The maximum absolute atomic E-state index is 13.0. The molecular formula is C18H32N4O5S. The van der Waals surface area contributed by atoms with Crippen molar-refractivity contribution in [2.24, 2.45) is 11.7 Å². The molecule has 3 atom stereocenters. The minimum atomic E-state index is -1.03. The number of hydrogen-bond acceptors (Lipinski definition) is 6. The van der Waals surface area contributed by atoms with E-state index >= 15 is 0 Å². The molecule has 1 aliphatic rings. The molecule has 1 rings (SSSR count). The average Bonchev–Trinajstić information content (AvgIpc) is 3.13. The first-order valence-corrected chi connectivity index (χ1v) is 10.9. The Morgan fingerprint density at radius 1 is 1.21 bits per heavy atom. The van der Waals surface area contributed by atoms with Gasteiger partial charge < -0.3 is 26.4 Å². The average molecular weight is 417 g/mol. The number of hydrogen-bond donors (Lipinski definition) is 4. The smallest absolute Gasteiger partial charge is 0.326 e. The lowest BCUT2D eigenvalue weighted by Crippen LogP contribution is -2.56. The van der Waals surface area contributed by atoms with Gasteiger partial charge in [-0.15, -0.1) is 0 Å². The third kappa shape index (κ3) is 7.31. The van der Waals surface area contributed by atoms with Crippen molar-refractivity contribution in [3.05, 3.63) is 0 Å². The Morgan fingerprint density at radius 2 is 1.89 bits per heavy atom. The predicted octanol–water partition coefficient (Wildman–Crippen LogP) is -0.210. The Hall–Kier alpha value is -1.81. The number of carbonyl (C=O) groups is 4. The number of nitrogens with zero attached hydrogens (tertiary/aromatic N) is 1. The van der Waals surface area contributed by atoms with E-state index in [0.717, 1.165) is 0 Å². The van der Waals surface area contributed by atoms with Gasteiger partial charge in [0, 0.05) is 6.54 Å². The first kappa shape index (κ1) is 24.2. The second-order valence-corrected chi connectivity index (χ2v) is 8.31. The highest BCUT2D eigenvalue weighted by atomic mass is 32.2. The molecule has 0 radical (unpaired) electrons. The van der Waals surface area contributed by atoms with Gasteiger partial charge in [-0.25, -0.2) is 4.79 Å². The second kappa shape index (κ2) is 11.9. The summed E-state index contributed by atoms with van der Waals surface area (Å²) in [6.07, 6.45) is 3.71. The molecule has 0 aromatic heterocycles. The van der Waals surface area contributed by atoms with Crippen molar-refractivity contribution < 1.29 is 24.3 Å². The number of aliphatic carboxylic acids is 1. The van der Waals surface area contributed by atoms with Gasteiger partial charge in [0.15, 0.2) is 0 Å². The van der Waals surface area contributed by atoms with Crippen LogP contribution in [0.15, 0.2) is 0 Å². The lowest BCUT2D eigenvalue weighted by atomic mass is 10.0. The number of carbonyl (C=O) groups excluding carboxylic acids is 3. The van der Waals surface area contributed by atoms with Gasteiger partial charge in [-0.3, -0.25) is 14.4 Å². The summed E-state index contributed by atoms with van der Waals surface area (Å²) in [4.78, 5) is 50.2. The van der Waals surface area contributed by atoms with Crippen molar-refractivity contribution in [1.29, 1.82) is 0 Å². The number of nitrogens with one attached hydrogen (secondary N) is 2. The molecule has 3 unspecified atom stereocenters. The Balaban J connectivity index is 2.92. The van der Waals surface area contributed by atoms with Crippen LogP contribution in [0.4, 0.5) is 0 Å². The van der Waals surface area contributed by atoms with Crippen LogP contribution in [0.5, 0.6) is 0 Å². The first-order chi connectivity index (χ1) is 13.2. The highest BCUT2D eigenvalue weighted by Crippen LogP contribution is 2.20. The molecule has 0 aromatic carbocycles. The normalized spacial score (nSPS) is 18.6. The zero-order valence-electron chi connectivity index (χ0n) is 16.8. The fourth-order valence-electron chi connectivity index (χ4n) is 3.21. The number of carboxylic acids is 1. The Bertz CT molecular complexity index is 572. The fraction of sp³-hybridized carbons (Fsp3) is 0.778. The van der Waals surface area contributed by atoms with Crippen LogP contribution in [-0.4, -0.2) is 76.9 Å². The summed E-state index contributed by atoms with van der Waals surface area (Å²) in [5.74, 6) is -1.56. The third-order valence-corrected chi connectivity index (χ3v) is 5.23. The van der Waals surface area contributed by atoms with E-state index in [0.29, 0.717) is 38.0 Å². The minimum Gasteiger partial charge on any atom is -0.480 e. The van der Waals surface area contributed by atoms with E-state index in [9.17, 15) is 24.3 Å². The van der Waals surface area contributed by atoms with E-state index in [1.165, 1.54) is 16.7 Å². The molecule has 0 saturated carbocycles. The molecule has 0 spiro atoms. The molecular weight excluding hydrogens is 384 g/mol. The van der Waals surface area contributed by atoms with Gasteiger partial charge in [0.05, 0.1) is 6.54 Å². The van der Waals surface area contributed by atoms with Crippen LogP contribution < -0.4 is 16.4 Å². The number of thioether (sulfide) groups is 1. The van der Waals surface area contributed by atoms with Crippen molar-refractivity contribution in [3.8, 4) is 0 Å². The van der Waals surface area contributed by atoms with Crippen molar-refractivity contribution >= 4 is 35.5 Å². The standard InChI is InChI=1S/C18H32N4O5S/c1-11(2)9-13(17(25)22-7-4-5-14(22)18(26)27)21-16(24)12(6-8-28-3)20-15(23)10-19/h11-14H,4-10,19H2,1-3H3,(H,20,23)(H,21,24)(H,26,27). The molecule has 3 amide bonds. The molecule has 1 aliphatic heterocycles. The largest absolute Gasteiger partial charge is 0.480 e. The van der Waals surface area contributed by atoms with E-state index in [-0.39, 0.29) is 18.4 Å². The van der Waals surface area contributed by atoms with Crippen LogP contribution in [0, 0.1) is 5.92 Å². The quantitative estimate of drug-likeness (QED) is 0.365. The minimum absolute atomic E-state index is 0.114. The molecule has 0 aromatic rings. The zero-order chi connectivity index (χ0) is 21.3. The molecule has 10 heteroatoms. The van der Waals surface area contributed by atoms with Crippen molar-refractivity contribution in [2.75, 3.05) is 25.1 Å². The number of carboxylic acid groups (broad SMARTS) is 1. The molecule has 1 saturated heterocycles. The number of amides is 3. The van der Waals surface area contributed by atoms with Gasteiger partial charge in [-0.1, -0.05) is 13.8 Å². The van der Waals surface area contributed by atoms with Crippen LogP contribution in [0.25, 0.3) is 0 Å². The molecule has 0 bridgehead atoms. The van der Waals surface area contributed by atoms with Gasteiger partial charge >= 0.3 is 5.97 Å². The molecule has 9 nitrogen and oxygen atoms in total. The number of rotatable bonds is 11. The van der Waals surface area contributed by atoms with Crippen LogP contribution in [-0.2, 0) is 19.2 Å². The fourth-order valence-corrected chi connectivity index (χ4v) is 3.68. The summed E-state index contributed by atoms with van der Waals surface area (Å²) in [5.41, 5.74) is 5.33. The topological polar surface area (TPSA) is 142 Å². The van der Waals surface area contributed by atoms with Crippen LogP contribution in [0.2, 0.25) is 0 Å². The second-order valence-electron chi connectivity index (χ2n) is 7.32. The summed E-state index contributed by atoms with van der Waals surface area (Å²) in [6.45, 7) is 3.98. The molecule has 160 valence electrons. The van der Waals surface area contributed by atoms with Gasteiger partial charge in [0.2, 0.25) is 17.7 Å². The zero-order valence-corrected chi connectivity index (χ0v) is 17.6. The third-order valence-electron chi connectivity index (χ3n) is 4.59. The summed E-state index contributed by atoms with van der Waals surface area (Å²) in [7, 11) is 0. The Morgan fingerprint density at radius 3 is 2.43 bits per heavy atom. The van der Waals surface area contributed by atoms with E-state index < -0.39 is 35.9 Å². The van der Waals surface area contributed by atoms with Crippen LogP contribution >= 0.6 is 11.8 Å². The maximum atomic E-state index is 13.0. The number of nitrogens with two attached hydrogens (primary N) is 1. The lowest BCUT2D eigenvalue weighted by molar-refractivity contribution is -0.149. The van der Waals surface area contributed by atoms with Gasteiger partial charge in [-0.05, 0) is 43.6 Å². The lowest BCUT2D eigenvalue weighted by Gasteiger charge is -2.29. The number of likely N-dealkylation sites (tertiary alicyclic amines) is 1. The van der Waals surface area contributed by atoms with E-state index in [1.807, 2.05) is 20.1 Å². The summed E-state index contributed by atoms with van der Waals surface area (Å²) >= 11 is 1.54. The summed E-state index contributed by atoms with van der Waals surface area (Å²) in [6, 6.07) is -2.48. The maximum Gasteiger partial charge on any atom is 0.326 e. The van der Waals surface area contributed by atoms with Gasteiger partial charge in [0.1, 0.15) is 18.1 Å². The van der Waals surface area contributed by atoms with Crippen molar-refractivity contribution in [3.63, 3.8) is 0 Å². The summed E-state index contributed by atoms with van der Waals surface area (Å²) < 4.78 is 0. The molecule has 0 aliphatic carbocycles. The van der Waals surface area contributed by atoms with E-state index in [4.69, 9.17) is 5.73 Å². The van der Waals surface area contributed by atoms with Gasteiger partial charge in [0.25, 0.3) is 0 Å². The molecule has 28 heavy (non-hydrogen) atoms. The first-order valence-electron chi connectivity index (χ1n) is 9.53. The monoisotopic (exact) mass is 416 g/mol. The van der Waals surface area contributed by atoms with Crippen LogP contribution in [0.1, 0.15) is 39.5 Å². The SMILES string of the molecule is CSCCC(NC(=O)CN)C(=O)NC(CC(C)C)C(=O)N1CCCC1C(=O)O. The van der Waals surface area contributed by atoms with E-state index in [1.54, 1.807) is 0 Å². The van der Waals surface area contributed by atoms with Crippen molar-refractivity contribution in [1.82, 2.24) is 15.5 Å². The van der Waals surface area contributed by atoms with Crippen LogP contribution in [0.3, 0.4) is 0 Å². The Labute approximate surface area is 170 Å². The van der Waals surface area contributed by atoms with Crippen molar-refractivity contribution in [2.45, 2.75) is 57.7 Å². The molecule has 5 N–H and O–H groups in total. The highest BCUT2D eigenvalue weighted by molar-refractivity contribution is 7.98. The molecule has 1 heterocycles. The van der Waals surface area contributed by atoms with E-state index in [2.05, 4.69) is 10.6 Å². The van der Waals surface area contributed by atoms with Gasteiger partial charge in [-0.2, -0.15) is 11.8 Å². The molecule has 1 fully saturated rings. The predicted molar refractivity (Wildman–Crippen MR) is 108 cm³/mol.